The highest BCUT2D eigenvalue weighted by Crippen LogP contribution is 2.12. The van der Waals surface area contributed by atoms with Gasteiger partial charge in [0.25, 0.3) is 0 Å². The molecule has 0 amide bonds. The van der Waals surface area contributed by atoms with Crippen LogP contribution in [-0.2, 0) is 0 Å². The lowest BCUT2D eigenvalue weighted by Crippen LogP contribution is -1.77. The molecule has 2 aromatic rings. The third-order valence-corrected chi connectivity index (χ3v) is 1.61. The van der Waals surface area contributed by atoms with Crippen LogP contribution in [0.4, 0.5) is 0 Å². The molecule has 0 bridgehead atoms. The molecule has 0 radical (unpaired) electrons. The van der Waals surface area contributed by atoms with Crippen molar-refractivity contribution in [3.63, 3.8) is 0 Å². The van der Waals surface area contributed by atoms with Crippen LogP contribution >= 0.6 is 12.4 Å². The maximum atomic E-state index is 10.4. The smallest absolute Gasteiger partial charge is 0.170 e. The van der Waals surface area contributed by atoms with E-state index in [1.165, 1.54) is 0 Å². The number of halogens is 1. The Bertz CT molecular complexity index is 397. The maximum absolute atomic E-state index is 10.4. The Morgan fingerprint density at radius 2 is 2.08 bits per heavy atom. The number of H-pyrrole nitrogens is 1. The predicted octanol–water partition coefficient (Wildman–Crippen LogP) is 1.80. The van der Waals surface area contributed by atoms with Crippen LogP contribution in [0, 0.1) is 0 Å². The molecule has 1 aromatic heterocycles. The molecule has 1 aromatic carbocycles. The largest absolute Gasteiger partial charge is 0.296 e. The maximum Gasteiger partial charge on any atom is 0.170 e. The van der Waals surface area contributed by atoms with Gasteiger partial charge in [-0.1, -0.05) is 18.2 Å². The fourth-order valence-corrected chi connectivity index (χ4v) is 1.07. The van der Waals surface area contributed by atoms with Gasteiger partial charge in [0.2, 0.25) is 0 Å². The van der Waals surface area contributed by atoms with Crippen molar-refractivity contribution in [2.24, 2.45) is 0 Å². The zero-order valence-corrected chi connectivity index (χ0v) is 6.97. The van der Waals surface area contributed by atoms with Gasteiger partial charge in [0.15, 0.2) is 6.29 Å². The zero-order valence-electron chi connectivity index (χ0n) is 6.15. The number of carbonyl (C=O) groups excluding carboxylic acids is 1. The average molecular weight is 183 g/mol. The first-order chi connectivity index (χ1) is 5.42. The number of benzene rings is 1. The summed E-state index contributed by atoms with van der Waals surface area (Å²) in [4.78, 5) is 10.4. The van der Waals surface area contributed by atoms with E-state index in [0.29, 0.717) is 5.69 Å². The summed E-state index contributed by atoms with van der Waals surface area (Å²) in [5, 5.41) is 7.46. The van der Waals surface area contributed by atoms with E-state index in [-0.39, 0.29) is 12.4 Å². The van der Waals surface area contributed by atoms with Crippen LogP contribution in [0.2, 0.25) is 0 Å². The lowest BCUT2D eigenvalue weighted by atomic mass is 10.2. The normalized spacial score (nSPS) is 9.33. The van der Waals surface area contributed by atoms with Crippen LogP contribution in [0.15, 0.2) is 24.3 Å². The Morgan fingerprint density at radius 1 is 1.33 bits per heavy atom. The van der Waals surface area contributed by atoms with E-state index in [1.54, 1.807) is 0 Å². The number of nitrogens with one attached hydrogen (secondary N) is 1. The average Bonchev–Trinajstić information content (AvgIpc) is 2.47. The Morgan fingerprint density at radius 3 is 2.83 bits per heavy atom. The van der Waals surface area contributed by atoms with Crippen molar-refractivity contribution in [3.05, 3.63) is 30.0 Å². The van der Waals surface area contributed by atoms with E-state index in [4.69, 9.17) is 0 Å². The summed E-state index contributed by atoms with van der Waals surface area (Å²) in [7, 11) is 0. The standard InChI is InChI=1S/C8H6N2O.ClH/c11-5-8-6-3-1-2-4-7(6)9-10-8;/h1-5H,(H,9,10);1H. The quantitative estimate of drug-likeness (QED) is 0.684. The van der Waals surface area contributed by atoms with Crippen molar-refractivity contribution in [1.29, 1.82) is 0 Å². The molecule has 0 saturated heterocycles. The van der Waals surface area contributed by atoms with Crippen molar-refractivity contribution in [1.82, 2.24) is 10.2 Å². The van der Waals surface area contributed by atoms with E-state index < -0.39 is 0 Å². The number of rotatable bonds is 1. The van der Waals surface area contributed by atoms with Gasteiger partial charge in [0, 0.05) is 5.39 Å². The number of aldehydes is 1. The minimum absolute atomic E-state index is 0. The lowest BCUT2D eigenvalue weighted by molar-refractivity contribution is 0.112. The van der Waals surface area contributed by atoms with Crippen molar-refractivity contribution in [2.45, 2.75) is 0 Å². The number of hydrogen-bond donors (Lipinski definition) is 1. The van der Waals surface area contributed by atoms with Crippen LogP contribution < -0.4 is 0 Å². The minimum atomic E-state index is 0. The van der Waals surface area contributed by atoms with Crippen LogP contribution in [0.25, 0.3) is 10.9 Å². The van der Waals surface area contributed by atoms with Crippen LogP contribution in [0.1, 0.15) is 10.5 Å². The summed E-state index contributed by atoms with van der Waals surface area (Å²) in [5.74, 6) is 0. The Balaban J connectivity index is 0.000000720. The van der Waals surface area contributed by atoms with Gasteiger partial charge in [0.05, 0.1) is 5.52 Å². The molecule has 0 saturated carbocycles. The summed E-state index contributed by atoms with van der Waals surface area (Å²) >= 11 is 0. The summed E-state index contributed by atoms with van der Waals surface area (Å²) in [6.45, 7) is 0. The van der Waals surface area contributed by atoms with Crippen molar-refractivity contribution in [2.75, 3.05) is 0 Å². The second kappa shape index (κ2) is 3.36. The van der Waals surface area contributed by atoms with E-state index in [0.717, 1.165) is 17.2 Å². The molecule has 62 valence electrons. The van der Waals surface area contributed by atoms with E-state index in [2.05, 4.69) is 10.2 Å². The van der Waals surface area contributed by atoms with Gasteiger partial charge in [-0.2, -0.15) is 5.10 Å². The Labute approximate surface area is 75.2 Å². The van der Waals surface area contributed by atoms with Gasteiger partial charge in [-0.3, -0.25) is 9.89 Å². The number of carbonyl (C=O) groups is 1. The second-order valence-corrected chi connectivity index (χ2v) is 2.27. The molecule has 1 N–H and O–H groups in total. The van der Waals surface area contributed by atoms with Crippen LogP contribution in [0.5, 0.6) is 0 Å². The van der Waals surface area contributed by atoms with Crippen LogP contribution in [-0.4, -0.2) is 16.5 Å². The third-order valence-electron chi connectivity index (χ3n) is 1.61. The minimum Gasteiger partial charge on any atom is -0.296 e. The molecule has 0 aliphatic rings. The lowest BCUT2D eigenvalue weighted by Gasteiger charge is -1.84. The van der Waals surface area contributed by atoms with Gasteiger partial charge >= 0.3 is 0 Å². The fraction of sp³-hybridized carbons (Fsp3) is 0. The first-order valence-electron chi connectivity index (χ1n) is 3.30. The van der Waals surface area contributed by atoms with Crippen molar-refractivity contribution in [3.8, 4) is 0 Å². The van der Waals surface area contributed by atoms with Gasteiger partial charge in [0.1, 0.15) is 5.69 Å². The number of hydrogen-bond acceptors (Lipinski definition) is 2. The zero-order chi connectivity index (χ0) is 7.68. The summed E-state index contributed by atoms with van der Waals surface area (Å²) in [6.07, 6.45) is 0.749. The molecule has 1 heterocycles. The van der Waals surface area contributed by atoms with Gasteiger partial charge in [-0.15, -0.1) is 12.4 Å². The highest BCUT2D eigenvalue weighted by Gasteiger charge is 2.00. The van der Waals surface area contributed by atoms with E-state index in [9.17, 15) is 4.79 Å². The number of nitrogens with zero attached hydrogens (tertiary/aromatic N) is 1. The van der Waals surface area contributed by atoms with E-state index in [1.807, 2.05) is 24.3 Å². The predicted molar refractivity (Wildman–Crippen MR) is 48.7 cm³/mol. The third kappa shape index (κ3) is 1.19. The molecule has 0 unspecified atom stereocenters. The number of aromatic nitrogens is 2. The molecule has 0 fully saturated rings. The second-order valence-electron chi connectivity index (χ2n) is 2.27. The molecular formula is C8H7ClN2O. The SMILES string of the molecule is Cl.O=Cc1n[nH]c2ccccc12. The molecule has 0 aliphatic carbocycles. The fourth-order valence-electron chi connectivity index (χ4n) is 1.07. The molecule has 4 heteroatoms. The molecule has 0 atom stereocenters. The Hall–Kier alpha value is -1.35. The molecule has 3 nitrogen and oxygen atoms in total. The van der Waals surface area contributed by atoms with Crippen molar-refractivity contribution < 1.29 is 4.79 Å². The van der Waals surface area contributed by atoms with Gasteiger partial charge in [-0.05, 0) is 6.07 Å². The summed E-state index contributed by atoms with van der Waals surface area (Å²) in [5.41, 5.74) is 1.37. The first-order valence-corrected chi connectivity index (χ1v) is 3.30. The highest BCUT2D eigenvalue weighted by atomic mass is 35.5. The molecule has 12 heavy (non-hydrogen) atoms. The number of fused-ring (bicyclic) bond motifs is 1. The number of para-hydroxylation sites is 1. The summed E-state index contributed by atoms with van der Waals surface area (Å²) < 4.78 is 0. The molecule has 0 aliphatic heterocycles. The molecule has 2 rings (SSSR count). The Kier molecular flexibility index (Phi) is 2.45. The van der Waals surface area contributed by atoms with E-state index >= 15 is 0 Å². The first kappa shape index (κ1) is 8.74. The van der Waals surface area contributed by atoms with Gasteiger partial charge in [-0.25, -0.2) is 0 Å². The monoisotopic (exact) mass is 182 g/mol. The summed E-state index contributed by atoms with van der Waals surface area (Å²) in [6, 6.07) is 7.53. The molecular weight excluding hydrogens is 176 g/mol. The van der Waals surface area contributed by atoms with Gasteiger partial charge < -0.3 is 0 Å². The number of aromatic amines is 1. The topological polar surface area (TPSA) is 45.8 Å². The van der Waals surface area contributed by atoms with Crippen LogP contribution in [0.3, 0.4) is 0 Å². The molecule has 0 spiro atoms. The van der Waals surface area contributed by atoms with Crippen molar-refractivity contribution >= 4 is 29.6 Å². The highest BCUT2D eigenvalue weighted by molar-refractivity contribution is 5.94.